The van der Waals surface area contributed by atoms with Crippen LogP contribution in [0.2, 0.25) is 0 Å². The summed E-state index contributed by atoms with van der Waals surface area (Å²) >= 11 is 5.62. The number of amides is 1. The Labute approximate surface area is 227 Å². The first-order valence-electron chi connectivity index (χ1n) is 11.1. The van der Waals surface area contributed by atoms with Crippen LogP contribution in [0.5, 0.6) is 0 Å². The molecular formula is C26H18BrIN4O4. The molecule has 1 amide bonds. The van der Waals surface area contributed by atoms with Gasteiger partial charge in [0.25, 0.3) is 17.2 Å². The molecule has 0 unspecified atom stereocenters. The van der Waals surface area contributed by atoms with Crippen molar-refractivity contribution in [2.75, 3.05) is 11.4 Å². The molecule has 36 heavy (non-hydrogen) atoms. The molecule has 0 saturated heterocycles. The van der Waals surface area contributed by atoms with Crippen LogP contribution in [0.1, 0.15) is 24.7 Å². The highest BCUT2D eigenvalue weighted by molar-refractivity contribution is 14.1. The molecule has 1 aliphatic rings. The Balaban J connectivity index is 1.79. The molecule has 1 aromatic heterocycles. The van der Waals surface area contributed by atoms with Crippen LogP contribution in [0.15, 0.2) is 69.9 Å². The highest BCUT2D eigenvalue weighted by Gasteiger charge is 2.32. The summed E-state index contributed by atoms with van der Waals surface area (Å²) in [6.45, 7) is 2.57. The van der Waals surface area contributed by atoms with E-state index in [-0.39, 0.29) is 23.0 Å². The molecule has 0 radical (unpaired) electrons. The van der Waals surface area contributed by atoms with Crippen molar-refractivity contribution in [1.82, 2.24) is 9.55 Å². The summed E-state index contributed by atoms with van der Waals surface area (Å²) in [6, 6.07) is 16.7. The Morgan fingerprint density at radius 1 is 1.08 bits per heavy atom. The fourth-order valence-corrected chi connectivity index (χ4v) is 5.14. The lowest BCUT2D eigenvalue weighted by molar-refractivity contribution is -0.384. The third-order valence-corrected chi connectivity index (χ3v) is 7.07. The van der Waals surface area contributed by atoms with Crippen molar-refractivity contribution in [3.05, 3.63) is 101 Å². The van der Waals surface area contributed by atoms with E-state index in [1.54, 1.807) is 23.1 Å². The molecule has 2 heterocycles. The van der Waals surface area contributed by atoms with Gasteiger partial charge in [-0.05, 0) is 83.6 Å². The number of halogens is 2. The first kappa shape index (κ1) is 24.3. The Kier molecular flexibility index (Phi) is 6.47. The smallest absolute Gasteiger partial charge is 0.269 e. The second-order valence-electron chi connectivity index (χ2n) is 8.22. The van der Waals surface area contributed by atoms with E-state index in [0.717, 1.165) is 25.7 Å². The number of hydrogen-bond acceptors (Lipinski definition) is 5. The van der Waals surface area contributed by atoms with Gasteiger partial charge in [-0.1, -0.05) is 22.9 Å². The van der Waals surface area contributed by atoms with Gasteiger partial charge in [-0.15, -0.1) is 0 Å². The van der Waals surface area contributed by atoms with Gasteiger partial charge in [0, 0.05) is 32.3 Å². The van der Waals surface area contributed by atoms with Gasteiger partial charge in [0.1, 0.15) is 5.82 Å². The van der Waals surface area contributed by atoms with Gasteiger partial charge in [-0.25, -0.2) is 4.98 Å². The number of hydrogen-bond donors (Lipinski definition) is 0. The average molecular weight is 657 g/mol. The summed E-state index contributed by atoms with van der Waals surface area (Å²) in [5.74, 6) is 0.0901. The van der Waals surface area contributed by atoms with Crippen molar-refractivity contribution in [2.45, 2.75) is 13.3 Å². The number of fused-ring (bicyclic) bond motifs is 2. The van der Waals surface area contributed by atoms with Crippen LogP contribution in [-0.2, 0) is 4.79 Å². The van der Waals surface area contributed by atoms with E-state index in [1.165, 1.54) is 28.8 Å². The number of rotatable bonds is 5. The van der Waals surface area contributed by atoms with Crippen LogP contribution in [-0.4, -0.2) is 26.9 Å². The lowest BCUT2D eigenvalue weighted by Gasteiger charge is -2.15. The van der Waals surface area contributed by atoms with Crippen LogP contribution < -0.4 is 10.5 Å². The number of nitro benzene ring substituents is 1. The summed E-state index contributed by atoms with van der Waals surface area (Å²) in [5, 5.41) is 11.6. The van der Waals surface area contributed by atoms with Gasteiger partial charge in [0.05, 0.1) is 32.8 Å². The fourth-order valence-electron chi connectivity index (χ4n) is 4.29. The number of anilines is 1. The quantitative estimate of drug-likeness (QED) is 0.114. The van der Waals surface area contributed by atoms with E-state index in [2.05, 4.69) is 38.5 Å². The van der Waals surface area contributed by atoms with Gasteiger partial charge in [0.15, 0.2) is 0 Å². The molecule has 0 fully saturated rings. The molecule has 4 aromatic rings. The summed E-state index contributed by atoms with van der Waals surface area (Å²) in [6.07, 6.45) is 2.42. The van der Waals surface area contributed by atoms with Gasteiger partial charge in [-0.2, -0.15) is 0 Å². The van der Waals surface area contributed by atoms with Crippen molar-refractivity contribution >= 4 is 78.4 Å². The zero-order chi connectivity index (χ0) is 25.6. The summed E-state index contributed by atoms with van der Waals surface area (Å²) < 4.78 is 3.09. The molecule has 0 bridgehead atoms. The second-order valence-corrected chi connectivity index (χ2v) is 10.4. The third-order valence-electron chi connectivity index (χ3n) is 5.91. The Bertz CT molecular complexity index is 1650. The largest absolute Gasteiger partial charge is 0.308 e. The average Bonchev–Trinajstić information content (AvgIpc) is 3.10. The molecule has 0 N–H and O–H groups in total. The zero-order valence-corrected chi connectivity index (χ0v) is 22.7. The summed E-state index contributed by atoms with van der Waals surface area (Å²) in [7, 11) is 0. The number of carbonyl (C=O) groups is 1. The SMILES string of the molecule is CCCN1C(=O)C(=Cc2nc3ccc(I)cc3c(=O)n2-c2ccc([N+](=O)[O-])cc2)c2cc(Br)ccc21. The van der Waals surface area contributed by atoms with Crippen molar-refractivity contribution in [1.29, 1.82) is 0 Å². The van der Waals surface area contributed by atoms with Gasteiger partial charge in [0.2, 0.25) is 0 Å². The lowest BCUT2D eigenvalue weighted by Crippen LogP contribution is -2.27. The maximum Gasteiger partial charge on any atom is 0.269 e. The second kappa shape index (κ2) is 9.58. The maximum atomic E-state index is 13.7. The van der Waals surface area contributed by atoms with E-state index in [4.69, 9.17) is 4.98 Å². The van der Waals surface area contributed by atoms with Gasteiger partial charge >= 0.3 is 0 Å². The number of nitro groups is 1. The first-order chi connectivity index (χ1) is 17.3. The molecule has 8 nitrogen and oxygen atoms in total. The number of aromatic nitrogens is 2. The minimum atomic E-state index is -0.495. The molecule has 0 atom stereocenters. The number of benzene rings is 3. The van der Waals surface area contributed by atoms with E-state index in [1.807, 2.05) is 31.2 Å². The van der Waals surface area contributed by atoms with E-state index >= 15 is 0 Å². The molecule has 5 rings (SSSR count). The Morgan fingerprint density at radius 3 is 2.53 bits per heavy atom. The molecule has 180 valence electrons. The van der Waals surface area contributed by atoms with Crippen molar-refractivity contribution in [3.8, 4) is 5.69 Å². The van der Waals surface area contributed by atoms with E-state index in [0.29, 0.717) is 28.7 Å². The third kappa shape index (κ3) is 4.24. The Hall–Kier alpha value is -3.38. The maximum absolute atomic E-state index is 13.7. The molecule has 1 aliphatic heterocycles. The zero-order valence-electron chi connectivity index (χ0n) is 18.9. The summed E-state index contributed by atoms with van der Waals surface area (Å²) in [4.78, 5) is 44.3. The predicted octanol–water partition coefficient (Wildman–Crippen LogP) is 5.96. The molecule has 10 heteroatoms. The van der Waals surface area contributed by atoms with Crippen molar-refractivity contribution in [3.63, 3.8) is 0 Å². The molecule has 0 spiro atoms. The first-order valence-corrected chi connectivity index (χ1v) is 13.0. The minimum Gasteiger partial charge on any atom is -0.308 e. The molecular weight excluding hydrogens is 639 g/mol. The van der Waals surface area contributed by atoms with E-state index in [9.17, 15) is 19.7 Å². The molecule has 0 aliphatic carbocycles. The van der Waals surface area contributed by atoms with E-state index < -0.39 is 4.92 Å². The van der Waals surface area contributed by atoms with Crippen LogP contribution in [0, 0.1) is 13.7 Å². The van der Waals surface area contributed by atoms with Gasteiger partial charge < -0.3 is 4.90 Å². The topological polar surface area (TPSA) is 98.3 Å². The van der Waals surface area contributed by atoms with Crippen molar-refractivity contribution in [2.24, 2.45) is 0 Å². The van der Waals surface area contributed by atoms with Crippen LogP contribution in [0.25, 0.3) is 28.2 Å². The van der Waals surface area contributed by atoms with Crippen molar-refractivity contribution < 1.29 is 9.72 Å². The highest BCUT2D eigenvalue weighted by atomic mass is 127. The minimum absolute atomic E-state index is 0.0880. The monoisotopic (exact) mass is 656 g/mol. The van der Waals surface area contributed by atoms with Crippen LogP contribution >= 0.6 is 38.5 Å². The van der Waals surface area contributed by atoms with Gasteiger partial charge in [-0.3, -0.25) is 24.3 Å². The number of nitrogens with zero attached hydrogens (tertiary/aromatic N) is 4. The fraction of sp³-hybridized carbons (Fsp3) is 0.115. The predicted molar refractivity (Wildman–Crippen MR) is 151 cm³/mol. The van der Waals surface area contributed by atoms with Crippen LogP contribution in [0.3, 0.4) is 0 Å². The molecule has 0 saturated carbocycles. The molecule has 3 aromatic carbocycles. The number of carbonyl (C=O) groups excluding carboxylic acids is 1. The number of non-ortho nitro benzene ring substituents is 1. The lowest BCUT2D eigenvalue weighted by atomic mass is 10.1. The standard InChI is InChI=1S/C26H18BrIN4O4/c1-2-11-30-23-10-3-15(27)12-19(23)20(25(30)33)14-24-29-22-9-4-16(28)13-21(22)26(34)31(24)17-5-7-18(8-6-17)32(35)36/h3-10,12-14H,2,11H2,1H3. The Morgan fingerprint density at radius 2 is 1.83 bits per heavy atom. The summed E-state index contributed by atoms with van der Waals surface area (Å²) in [5.41, 5.74) is 2.46. The normalized spacial score (nSPS) is 14.0. The highest BCUT2D eigenvalue weighted by Crippen LogP contribution is 2.39. The van der Waals surface area contributed by atoms with Crippen LogP contribution in [0.4, 0.5) is 11.4 Å².